The molecule has 0 aromatic heterocycles. The van der Waals surface area contributed by atoms with Crippen LogP contribution in [0, 0.1) is 5.92 Å². The Kier molecular flexibility index (Phi) is 3.89. The van der Waals surface area contributed by atoms with Crippen molar-refractivity contribution in [3.63, 3.8) is 0 Å². The highest BCUT2D eigenvalue weighted by molar-refractivity contribution is 7.46. The molecule has 1 rings (SSSR count). The predicted molar refractivity (Wildman–Crippen MR) is 48.7 cm³/mol. The third-order valence-corrected chi connectivity index (χ3v) is 3.09. The van der Waals surface area contributed by atoms with Crippen molar-refractivity contribution in [2.24, 2.45) is 5.92 Å². The fraction of sp³-hybridized carbons (Fsp3) is 1.00. The average molecular weight is 242 g/mol. The summed E-state index contributed by atoms with van der Waals surface area (Å²) in [7, 11) is -4.70. The van der Waals surface area contributed by atoms with Gasteiger partial charge in [-0.15, -0.1) is 0 Å². The second kappa shape index (κ2) is 4.47. The van der Waals surface area contributed by atoms with Crippen molar-refractivity contribution >= 4 is 7.82 Å². The topological polar surface area (TPSA) is 127 Å². The van der Waals surface area contributed by atoms with Crippen LogP contribution >= 0.6 is 7.82 Å². The smallest absolute Gasteiger partial charge is 0.390 e. The van der Waals surface area contributed by atoms with E-state index in [0.717, 1.165) is 0 Å². The molecule has 0 spiro atoms. The molecule has 7 nitrogen and oxygen atoms in total. The van der Waals surface area contributed by atoms with Gasteiger partial charge in [0.25, 0.3) is 0 Å². The van der Waals surface area contributed by atoms with Crippen LogP contribution in [0.15, 0.2) is 0 Å². The van der Waals surface area contributed by atoms with Crippen molar-refractivity contribution < 1.29 is 34.2 Å². The van der Waals surface area contributed by atoms with Crippen LogP contribution in [-0.2, 0) is 9.09 Å². The standard InChI is InChI=1S/C7H15O7P/c1-3-2-4(14-15(11,12)13)6(9)7(10)5(3)8/h3-10H,2H2,1H3,(H2,11,12,13)/t3-,4-,5+,6+,7-/m0/s1. The lowest BCUT2D eigenvalue weighted by Gasteiger charge is -2.38. The second-order valence-corrected chi connectivity index (χ2v) is 5.01. The molecule has 0 bridgehead atoms. The summed E-state index contributed by atoms with van der Waals surface area (Å²) < 4.78 is 14.9. The molecule has 8 heteroatoms. The molecule has 0 aromatic rings. The molecule has 0 amide bonds. The van der Waals surface area contributed by atoms with E-state index in [2.05, 4.69) is 4.52 Å². The van der Waals surface area contributed by atoms with Gasteiger partial charge in [-0.25, -0.2) is 4.57 Å². The first-order valence-corrected chi connectivity index (χ1v) is 6.03. The predicted octanol–water partition coefficient (Wildman–Crippen LogP) is -1.41. The third-order valence-electron chi connectivity index (χ3n) is 2.54. The molecule has 5 N–H and O–H groups in total. The fourth-order valence-electron chi connectivity index (χ4n) is 1.69. The Morgan fingerprint density at radius 1 is 1.13 bits per heavy atom. The minimum absolute atomic E-state index is 0.0739. The first kappa shape index (κ1) is 13.1. The van der Waals surface area contributed by atoms with Gasteiger partial charge in [-0.1, -0.05) is 6.92 Å². The number of hydrogen-bond acceptors (Lipinski definition) is 5. The summed E-state index contributed by atoms with van der Waals surface area (Å²) in [5, 5.41) is 28.1. The maximum absolute atomic E-state index is 10.6. The molecule has 1 aliphatic carbocycles. The Hall–Kier alpha value is -0.0100. The van der Waals surface area contributed by atoms with Gasteiger partial charge in [0.2, 0.25) is 0 Å². The highest BCUT2D eigenvalue weighted by Crippen LogP contribution is 2.42. The van der Waals surface area contributed by atoms with Gasteiger partial charge in [-0.05, 0) is 12.3 Å². The molecule has 0 unspecified atom stereocenters. The molecule has 0 saturated heterocycles. The van der Waals surface area contributed by atoms with Gasteiger partial charge < -0.3 is 25.1 Å². The Balaban J connectivity index is 2.71. The van der Waals surface area contributed by atoms with E-state index in [0.29, 0.717) is 0 Å². The summed E-state index contributed by atoms with van der Waals surface area (Å²) in [6.45, 7) is 1.59. The molecular weight excluding hydrogens is 227 g/mol. The van der Waals surface area contributed by atoms with Crippen molar-refractivity contribution in [2.45, 2.75) is 37.8 Å². The number of phosphoric acid groups is 1. The van der Waals surface area contributed by atoms with Crippen LogP contribution in [0.4, 0.5) is 0 Å². The number of phosphoric ester groups is 1. The van der Waals surface area contributed by atoms with Crippen molar-refractivity contribution in [2.75, 3.05) is 0 Å². The van der Waals surface area contributed by atoms with E-state index in [1.165, 1.54) is 0 Å². The minimum atomic E-state index is -4.70. The normalized spacial score (nSPS) is 42.9. The molecule has 1 fully saturated rings. The van der Waals surface area contributed by atoms with E-state index in [1.54, 1.807) is 6.92 Å². The first-order valence-electron chi connectivity index (χ1n) is 4.50. The van der Waals surface area contributed by atoms with Gasteiger partial charge >= 0.3 is 7.82 Å². The Labute approximate surface area is 86.6 Å². The summed E-state index contributed by atoms with van der Waals surface area (Å²) in [5.41, 5.74) is 0. The molecule has 1 aliphatic rings. The summed E-state index contributed by atoms with van der Waals surface area (Å²) in [5.74, 6) is -0.403. The highest BCUT2D eigenvalue weighted by Gasteiger charge is 2.43. The van der Waals surface area contributed by atoms with Gasteiger partial charge in [-0.3, -0.25) is 4.52 Å². The maximum atomic E-state index is 10.6. The summed E-state index contributed by atoms with van der Waals surface area (Å²) in [6, 6.07) is 0. The SMILES string of the molecule is C[C@H]1C[C@H](OP(=O)(O)O)[C@@H](O)[C@@H](O)[C@@H]1O. The highest BCUT2D eigenvalue weighted by atomic mass is 31.2. The molecule has 0 aliphatic heterocycles. The van der Waals surface area contributed by atoms with Gasteiger partial charge in [0, 0.05) is 0 Å². The lowest BCUT2D eigenvalue weighted by Crippen LogP contribution is -2.53. The van der Waals surface area contributed by atoms with Crippen molar-refractivity contribution in [1.29, 1.82) is 0 Å². The van der Waals surface area contributed by atoms with Crippen LogP contribution in [0.25, 0.3) is 0 Å². The van der Waals surface area contributed by atoms with Crippen molar-refractivity contribution in [3.8, 4) is 0 Å². The molecule has 90 valence electrons. The van der Waals surface area contributed by atoms with Crippen LogP contribution in [0.1, 0.15) is 13.3 Å². The Morgan fingerprint density at radius 3 is 2.13 bits per heavy atom. The summed E-state index contributed by atoms with van der Waals surface area (Å²) in [6.07, 6.45) is -5.16. The van der Waals surface area contributed by atoms with Crippen molar-refractivity contribution in [3.05, 3.63) is 0 Å². The fourth-order valence-corrected chi connectivity index (χ4v) is 2.25. The Morgan fingerprint density at radius 2 is 1.67 bits per heavy atom. The number of aliphatic hydroxyl groups excluding tert-OH is 3. The molecule has 0 radical (unpaired) electrons. The monoisotopic (exact) mass is 242 g/mol. The quantitative estimate of drug-likeness (QED) is 0.376. The maximum Gasteiger partial charge on any atom is 0.469 e. The molecule has 0 heterocycles. The lowest BCUT2D eigenvalue weighted by molar-refractivity contribution is -0.151. The van der Waals surface area contributed by atoms with Crippen LogP contribution in [0.2, 0.25) is 0 Å². The van der Waals surface area contributed by atoms with E-state index in [4.69, 9.17) is 9.79 Å². The number of rotatable bonds is 2. The molecule has 15 heavy (non-hydrogen) atoms. The van der Waals surface area contributed by atoms with Gasteiger partial charge in [-0.2, -0.15) is 0 Å². The Bertz CT molecular complexity index is 264. The van der Waals surface area contributed by atoms with Crippen LogP contribution in [0.3, 0.4) is 0 Å². The minimum Gasteiger partial charge on any atom is -0.390 e. The van der Waals surface area contributed by atoms with E-state index < -0.39 is 38.2 Å². The van der Waals surface area contributed by atoms with Crippen LogP contribution < -0.4 is 0 Å². The molecule has 1 saturated carbocycles. The third kappa shape index (κ3) is 3.22. The van der Waals surface area contributed by atoms with Gasteiger partial charge in [0.15, 0.2) is 0 Å². The van der Waals surface area contributed by atoms with Crippen LogP contribution in [0.5, 0.6) is 0 Å². The van der Waals surface area contributed by atoms with E-state index in [9.17, 15) is 19.9 Å². The number of hydrogen-bond donors (Lipinski definition) is 5. The van der Waals surface area contributed by atoms with Crippen molar-refractivity contribution in [1.82, 2.24) is 0 Å². The largest absolute Gasteiger partial charge is 0.469 e. The molecule has 5 atom stereocenters. The van der Waals surface area contributed by atoms with Gasteiger partial charge in [0.05, 0.1) is 12.2 Å². The molecule has 0 aromatic carbocycles. The van der Waals surface area contributed by atoms with E-state index in [1.807, 2.05) is 0 Å². The molecular formula is C7H15O7P. The van der Waals surface area contributed by atoms with Gasteiger partial charge in [0.1, 0.15) is 12.2 Å². The van der Waals surface area contributed by atoms with E-state index in [-0.39, 0.29) is 6.42 Å². The zero-order chi connectivity index (χ0) is 11.8. The zero-order valence-electron chi connectivity index (χ0n) is 8.09. The average Bonchev–Trinajstić information content (AvgIpc) is 2.08. The van der Waals surface area contributed by atoms with E-state index >= 15 is 0 Å². The first-order chi connectivity index (χ1) is 6.72. The summed E-state index contributed by atoms with van der Waals surface area (Å²) >= 11 is 0. The number of aliphatic hydroxyl groups is 3. The van der Waals surface area contributed by atoms with Crippen LogP contribution in [-0.4, -0.2) is 49.5 Å². The lowest BCUT2D eigenvalue weighted by atomic mass is 9.82. The zero-order valence-corrected chi connectivity index (χ0v) is 8.99. The summed E-state index contributed by atoms with van der Waals surface area (Å²) in [4.78, 5) is 17.1. The second-order valence-electron chi connectivity index (χ2n) is 3.82.